The van der Waals surface area contributed by atoms with Crippen molar-refractivity contribution in [1.82, 2.24) is 0 Å². The van der Waals surface area contributed by atoms with Gasteiger partial charge in [0.2, 0.25) is 0 Å². The Labute approximate surface area is 82.6 Å². The Morgan fingerprint density at radius 1 is 1.85 bits per heavy atom. The molecule has 70 valence electrons. The number of aromatic hydroxyl groups is 1. The molecule has 0 aromatic heterocycles. The molecule has 0 saturated carbocycles. The second-order valence-electron chi connectivity index (χ2n) is 2.23. The fourth-order valence-corrected chi connectivity index (χ4v) is 0.677. The van der Waals surface area contributed by atoms with Gasteiger partial charge in [-0.05, 0) is 24.0 Å². The molecule has 0 radical (unpaired) electrons. The molecule has 13 heavy (non-hydrogen) atoms. The molecule has 1 aromatic rings. The molecule has 0 aliphatic rings. The van der Waals surface area contributed by atoms with Crippen molar-refractivity contribution in [2.24, 2.45) is 5.73 Å². The highest BCUT2D eigenvalue weighted by Gasteiger charge is 2.11. The van der Waals surface area contributed by atoms with E-state index in [0.717, 1.165) is 6.07 Å². The zero-order valence-corrected chi connectivity index (χ0v) is 6.53. The van der Waals surface area contributed by atoms with E-state index in [2.05, 4.69) is 0 Å². The second kappa shape index (κ2) is 3.91. The summed E-state index contributed by atoms with van der Waals surface area (Å²) in [6, 6.07) is -3.57. The minimum absolute atomic E-state index is 0.480. The Hall–Kier alpha value is -1.55. The van der Waals surface area contributed by atoms with Crippen LogP contribution in [0.3, 0.4) is 0 Å². The average molecular weight is 186 g/mol. The first kappa shape index (κ1) is 4.62. The molecule has 0 aliphatic heterocycles. The minimum Gasteiger partial charge on any atom is -0.508 e. The smallest absolute Gasteiger partial charge is 0.320 e. The number of hydrogen-bond acceptors (Lipinski definition) is 3. The number of phenolic OH excluding ortho intramolecular Hbond substituents is 1. The van der Waals surface area contributed by atoms with Crippen LogP contribution in [0.25, 0.3) is 0 Å². The summed E-state index contributed by atoms with van der Waals surface area (Å²) in [5, 5.41) is 18.1. The van der Waals surface area contributed by atoms with Crippen molar-refractivity contribution in [2.45, 2.75) is 12.4 Å². The van der Waals surface area contributed by atoms with Crippen LogP contribution in [-0.4, -0.2) is 22.2 Å². The van der Waals surface area contributed by atoms with Gasteiger partial charge in [-0.1, -0.05) is 12.1 Å². The van der Waals surface area contributed by atoms with Crippen LogP contribution in [0.1, 0.15) is 12.4 Å². The van der Waals surface area contributed by atoms with E-state index < -0.39 is 47.8 Å². The molecule has 0 aliphatic carbocycles. The summed E-state index contributed by atoms with van der Waals surface area (Å²) in [6.45, 7) is 0. The lowest BCUT2D eigenvalue weighted by Gasteiger charge is -2.05. The van der Waals surface area contributed by atoms with Crippen molar-refractivity contribution in [2.75, 3.05) is 0 Å². The van der Waals surface area contributed by atoms with Crippen LogP contribution < -0.4 is 5.73 Å². The number of aliphatic carboxylic acids is 1. The Morgan fingerprint density at radius 3 is 3.15 bits per heavy atom. The van der Waals surface area contributed by atoms with Crippen LogP contribution in [0.4, 0.5) is 0 Å². The maximum absolute atomic E-state index is 10.8. The third-order valence-electron chi connectivity index (χ3n) is 1.24. The molecule has 0 heterocycles. The van der Waals surface area contributed by atoms with Gasteiger partial charge >= 0.3 is 5.97 Å². The van der Waals surface area contributed by atoms with Gasteiger partial charge in [-0.25, -0.2) is 0 Å². The van der Waals surface area contributed by atoms with Crippen molar-refractivity contribution in [1.29, 1.82) is 0 Å². The van der Waals surface area contributed by atoms with Crippen molar-refractivity contribution >= 4 is 5.97 Å². The van der Waals surface area contributed by atoms with Crippen LogP contribution in [0.15, 0.2) is 24.2 Å². The number of carboxylic acid groups (broad SMARTS) is 1. The number of hydrogen-bond donors (Lipinski definition) is 3. The number of phenols is 1. The van der Waals surface area contributed by atoms with Gasteiger partial charge in [0.05, 0.1) is 5.48 Å². The lowest BCUT2D eigenvalue weighted by Crippen LogP contribution is -2.32. The van der Waals surface area contributed by atoms with Gasteiger partial charge < -0.3 is 15.9 Å². The highest BCUT2D eigenvalue weighted by molar-refractivity contribution is 5.73. The summed E-state index contributed by atoms with van der Waals surface area (Å²) in [5.41, 5.74) is 4.65. The Morgan fingerprint density at radius 2 is 2.54 bits per heavy atom. The molecule has 0 fully saturated rings. The van der Waals surface area contributed by atoms with E-state index in [1.165, 1.54) is 0 Å². The molecule has 4 N–H and O–H groups in total. The molecule has 1 rings (SSSR count). The highest BCUT2D eigenvalue weighted by Crippen LogP contribution is 2.11. The summed E-state index contributed by atoms with van der Waals surface area (Å²) in [6.07, 6.45) is -1.93. The number of benzene rings is 1. The predicted octanol–water partition coefficient (Wildman–Crippen LogP) is 0.347. The zero-order chi connectivity index (χ0) is 14.2. The van der Waals surface area contributed by atoms with E-state index in [1.54, 1.807) is 0 Å². The topological polar surface area (TPSA) is 83.6 Å². The van der Waals surface area contributed by atoms with Gasteiger partial charge in [0, 0.05) is 1.37 Å². The molecule has 0 amide bonds. The maximum Gasteiger partial charge on any atom is 0.320 e. The lowest BCUT2D eigenvalue weighted by atomic mass is 10.1. The Balaban J connectivity index is 3.43. The normalized spacial score (nSPS) is 22.7. The van der Waals surface area contributed by atoms with E-state index in [-0.39, 0.29) is 0 Å². The molecular formula is C9H11NO3. The molecular weight excluding hydrogens is 170 g/mol. The minimum atomic E-state index is -2.75. The van der Waals surface area contributed by atoms with E-state index in [9.17, 15) is 9.90 Å². The maximum atomic E-state index is 10.8. The molecule has 0 bridgehead atoms. The van der Waals surface area contributed by atoms with E-state index >= 15 is 0 Å². The van der Waals surface area contributed by atoms with Gasteiger partial charge in [-0.15, -0.1) is 0 Å². The van der Waals surface area contributed by atoms with Crippen molar-refractivity contribution < 1.29 is 21.9 Å². The summed E-state index contributed by atoms with van der Waals surface area (Å²) >= 11 is 0. The molecule has 0 spiro atoms. The van der Waals surface area contributed by atoms with Crippen LogP contribution in [-0.2, 0) is 11.2 Å². The second-order valence-corrected chi connectivity index (χ2v) is 2.23. The van der Waals surface area contributed by atoms with E-state index in [1.807, 2.05) is 0 Å². The fourth-order valence-electron chi connectivity index (χ4n) is 0.677. The third kappa shape index (κ3) is 2.76. The summed E-state index contributed by atoms with van der Waals surface area (Å²) in [7, 11) is 0. The van der Waals surface area contributed by atoms with Gasteiger partial charge in [0.25, 0.3) is 0 Å². The lowest BCUT2D eigenvalue weighted by molar-refractivity contribution is -0.138. The van der Waals surface area contributed by atoms with Gasteiger partial charge in [-0.2, -0.15) is 0 Å². The predicted molar refractivity (Wildman–Crippen MR) is 47.4 cm³/mol. The summed E-state index contributed by atoms with van der Waals surface area (Å²) < 4.78 is 37.1. The Bertz CT molecular complexity index is 505. The fraction of sp³-hybridized carbons (Fsp3) is 0.222. The number of rotatable bonds is 3. The molecule has 0 saturated heterocycles. The average Bonchev–Trinajstić information content (AvgIpc) is 2.25. The SMILES string of the molecule is [2H]c1cc([2H])c(C([2H])[C@@]([2H])(N)C(=O)O)c([2H])c1O. The van der Waals surface area contributed by atoms with Crippen LogP contribution >= 0.6 is 0 Å². The molecule has 2 atom stereocenters. The number of carboxylic acids is 1. The highest BCUT2D eigenvalue weighted by atomic mass is 16.4. The van der Waals surface area contributed by atoms with E-state index in [4.69, 9.17) is 17.7 Å². The largest absolute Gasteiger partial charge is 0.508 e. The van der Waals surface area contributed by atoms with Crippen LogP contribution in [0.2, 0.25) is 0 Å². The van der Waals surface area contributed by atoms with Gasteiger partial charge in [0.1, 0.15) is 11.8 Å². The zero-order valence-electron chi connectivity index (χ0n) is 11.5. The van der Waals surface area contributed by atoms with Gasteiger partial charge in [-0.3, -0.25) is 4.79 Å². The first-order chi connectivity index (χ1) is 8.10. The number of carbonyl (C=O) groups is 1. The first-order valence-corrected chi connectivity index (χ1v) is 3.34. The van der Waals surface area contributed by atoms with Crippen LogP contribution in [0.5, 0.6) is 5.75 Å². The van der Waals surface area contributed by atoms with Gasteiger partial charge in [0.15, 0.2) is 0 Å². The standard InChI is InChI=1S/C9H11NO3/c10-8(9(12)13)5-6-2-1-3-7(11)4-6/h1-4,8,11H,5,10H2,(H,12,13)/t8-/m1/s1/i2D,3D,4D,5D,8D/t5?,8-. The summed E-state index contributed by atoms with van der Waals surface area (Å²) in [5.74, 6) is -2.56. The molecule has 4 nitrogen and oxygen atoms in total. The Kier molecular flexibility index (Phi) is 1.39. The van der Waals surface area contributed by atoms with Crippen molar-refractivity contribution in [3.63, 3.8) is 0 Å². The third-order valence-corrected chi connectivity index (χ3v) is 1.24. The van der Waals surface area contributed by atoms with Crippen molar-refractivity contribution in [3.05, 3.63) is 29.8 Å². The summed E-state index contributed by atoms with van der Waals surface area (Å²) in [4.78, 5) is 10.8. The van der Waals surface area contributed by atoms with Crippen molar-refractivity contribution in [3.8, 4) is 5.75 Å². The molecule has 1 aromatic carbocycles. The quantitative estimate of drug-likeness (QED) is 0.636. The van der Waals surface area contributed by atoms with Crippen LogP contribution in [0, 0.1) is 0 Å². The molecule has 4 heteroatoms. The molecule has 1 unspecified atom stereocenters. The first-order valence-electron chi connectivity index (χ1n) is 5.92. The monoisotopic (exact) mass is 186 g/mol. The van der Waals surface area contributed by atoms with E-state index in [0.29, 0.717) is 0 Å². The number of nitrogens with two attached hydrogens (primary N) is 1.